The Morgan fingerprint density at radius 2 is 1.87 bits per heavy atom. The van der Waals surface area contributed by atoms with Crippen LogP contribution in [-0.4, -0.2) is 35.2 Å². The molecule has 3 rings (SSSR count). The van der Waals surface area contributed by atoms with Crippen LogP contribution in [0.2, 0.25) is 0 Å². The number of primary amides is 1. The zero-order valence-corrected chi connectivity index (χ0v) is 18.9. The van der Waals surface area contributed by atoms with Crippen LogP contribution in [0.5, 0.6) is 0 Å². The second kappa shape index (κ2) is 10.6. The largest absolute Gasteiger partial charge is 0.368 e. The fraction of sp³-hybridized carbons (Fsp3) is 0.692. The summed E-state index contributed by atoms with van der Waals surface area (Å²) in [5, 5.41) is 0. The molecule has 0 saturated carbocycles. The fourth-order valence-electron chi connectivity index (χ4n) is 6.02. The second-order valence-electron chi connectivity index (χ2n) is 9.51. The van der Waals surface area contributed by atoms with Crippen molar-refractivity contribution in [1.29, 1.82) is 0 Å². The molecule has 166 valence electrons. The van der Waals surface area contributed by atoms with E-state index in [2.05, 4.69) is 43.0 Å². The first-order valence-corrected chi connectivity index (χ1v) is 12.2. The average molecular weight is 413 g/mol. The van der Waals surface area contributed by atoms with E-state index in [-0.39, 0.29) is 23.9 Å². The van der Waals surface area contributed by atoms with Crippen LogP contribution in [0.1, 0.15) is 83.6 Å². The van der Waals surface area contributed by atoms with Gasteiger partial charge in [0.05, 0.1) is 11.5 Å². The molecule has 2 aliphatic heterocycles. The quantitative estimate of drug-likeness (QED) is 0.628. The van der Waals surface area contributed by atoms with Crippen LogP contribution in [-0.2, 0) is 16.0 Å². The molecule has 4 unspecified atom stereocenters. The Hall–Kier alpha value is -1.68. The van der Waals surface area contributed by atoms with Crippen molar-refractivity contribution >= 4 is 11.7 Å². The lowest BCUT2D eigenvalue weighted by Crippen LogP contribution is -2.50. The highest BCUT2D eigenvalue weighted by molar-refractivity contribution is 5.91. The minimum atomic E-state index is -0.507. The Morgan fingerprint density at radius 1 is 1.13 bits per heavy atom. The van der Waals surface area contributed by atoms with Gasteiger partial charge in [-0.3, -0.25) is 14.5 Å². The monoisotopic (exact) mass is 412 g/mol. The van der Waals surface area contributed by atoms with Gasteiger partial charge in [-0.2, -0.15) is 0 Å². The molecular formula is C26H40N2O2. The van der Waals surface area contributed by atoms with Gasteiger partial charge in [-0.05, 0) is 50.6 Å². The lowest BCUT2D eigenvalue weighted by Gasteiger charge is -2.40. The summed E-state index contributed by atoms with van der Waals surface area (Å²) in [6.45, 7) is 5.21. The van der Waals surface area contributed by atoms with Gasteiger partial charge in [-0.1, -0.05) is 76.3 Å². The molecule has 1 amide bonds. The van der Waals surface area contributed by atoms with Gasteiger partial charge in [-0.25, -0.2) is 0 Å². The number of carbonyl (C=O) groups is 2. The van der Waals surface area contributed by atoms with Gasteiger partial charge in [-0.15, -0.1) is 0 Å². The van der Waals surface area contributed by atoms with Gasteiger partial charge in [0, 0.05) is 12.0 Å². The fourth-order valence-corrected chi connectivity index (χ4v) is 6.02. The average Bonchev–Trinajstić information content (AvgIpc) is 3.02. The molecule has 2 N–H and O–H groups in total. The molecule has 0 bridgehead atoms. The number of fused-ring (bicyclic) bond motifs is 1. The van der Waals surface area contributed by atoms with E-state index in [1.54, 1.807) is 0 Å². The Morgan fingerprint density at radius 3 is 2.53 bits per heavy atom. The lowest BCUT2D eigenvalue weighted by molar-refractivity contribution is -0.135. The molecule has 0 spiro atoms. The summed E-state index contributed by atoms with van der Waals surface area (Å²) in [6, 6.07) is 10.2. The van der Waals surface area contributed by atoms with E-state index in [4.69, 9.17) is 5.73 Å². The molecule has 2 heterocycles. The Balaban J connectivity index is 2.04. The van der Waals surface area contributed by atoms with Crippen LogP contribution in [0.4, 0.5) is 0 Å². The van der Waals surface area contributed by atoms with Crippen LogP contribution in [0, 0.1) is 11.3 Å². The standard InChI is InChI=1S/C26H40N2O2/c1-3-5-15-21(4-2)24(29)26(18-20-13-9-8-10-14-20)19-22(25(27)30)28-17-12-7-6-11-16-23(26)28/h8-10,13-14,21-23H,3-7,11-12,15-19H2,1-2H3,(H2,27,30). The third-order valence-electron chi connectivity index (χ3n) is 7.59. The summed E-state index contributed by atoms with van der Waals surface area (Å²) in [5.74, 6) is 0.208. The van der Waals surface area contributed by atoms with Gasteiger partial charge in [0.2, 0.25) is 5.91 Å². The topological polar surface area (TPSA) is 63.4 Å². The zero-order chi connectivity index (χ0) is 21.6. The van der Waals surface area contributed by atoms with E-state index in [9.17, 15) is 9.59 Å². The zero-order valence-electron chi connectivity index (χ0n) is 18.9. The maximum atomic E-state index is 14.3. The number of ketones is 1. The SMILES string of the molecule is CCCCC(CC)C(=O)C1(Cc2ccccc2)CC(C(N)=O)N2CCCCCCC21. The number of amides is 1. The van der Waals surface area contributed by atoms with Crippen molar-refractivity contribution in [2.24, 2.45) is 17.1 Å². The van der Waals surface area contributed by atoms with E-state index < -0.39 is 5.41 Å². The maximum Gasteiger partial charge on any atom is 0.234 e. The first-order valence-electron chi connectivity index (χ1n) is 12.2. The first kappa shape index (κ1) is 23.0. The summed E-state index contributed by atoms with van der Waals surface area (Å²) in [4.78, 5) is 29.1. The molecule has 1 aromatic rings. The number of nitrogens with zero attached hydrogens (tertiary/aromatic N) is 1. The minimum absolute atomic E-state index is 0.0765. The van der Waals surface area contributed by atoms with E-state index in [1.807, 2.05) is 6.07 Å². The number of nitrogens with two attached hydrogens (primary N) is 1. The third-order valence-corrected chi connectivity index (χ3v) is 7.59. The smallest absolute Gasteiger partial charge is 0.234 e. The Labute approximate surface area is 182 Å². The van der Waals surface area contributed by atoms with Crippen LogP contribution in [0.3, 0.4) is 0 Å². The number of carbonyl (C=O) groups excluding carboxylic acids is 2. The summed E-state index contributed by atoms with van der Waals surface area (Å²) >= 11 is 0. The normalized spacial score (nSPS) is 28.3. The molecule has 0 aliphatic carbocycles. The van der Waals surface area contributed by atoms with Crippen molar-refractivity contribution in [2.75, 3.05) is 6.54 Å². The number of rotatable bonds is 9. The van der Waals surface area contributed by atoms with Crippen molar-refractivity contribution < 1.29 is 9.59 Å². The number of hydrogen-bond donors (Lipinski definition) is 1. The van der Waals surface area contributed by atoms with Crippen molar-refractivity contribution in [1.82, 2.24) is 4.90 Å². The van der Waals surface area contributed by atoms with Gasteiger partial charge in [0.15, 0.2) is 0 Å². The lowest BCUT2D eigenvalue weighted by atomic mass is 9.65. The first-order chi connectivity index (χ1) is 14.5. The van der Waals surface area contributed by atoms with Gasteiger partial charge in [0.1, 0.15) is 5.78 Å². The van der Waals surface area contributed by atoms with Crippen molar-refractivity contribution in [2.45, 2.75) is 96.6 Å². The highest BCUT2D eigenvalue weighted by Gasteiger charge is 2.57. The molecule has 2 fully saturated rings. The summed E-state index contributed by atoms with van der Waals surface area (Å²) in [7, 11) is 0. The van der Waals surface area contributed by atoms with Gasteiger partial charge < -0.3 is 5.73 Å². The summed E-state index contributed by atoms with van der Waals surface area (Å²) < 4.78 is 0. The van der Waals surface area contributed by atoms with Crippen LogP contribution >= 0.6 is 0 Å². The number of unbranched alkanes of at least 4 members (excludes halogenated alkanes) is 1. The summed E-state index contributed by atoms with van der Waals surface area (Å²) in [6.07, 6.45) is 11.0. The predicted molar refractivity (Wildman–Crippen MR) is 122 cm³/mol. The molecule has 1 aromatic carbocycles. The van der Waals surface area contributed by atoms with E-state index in [0.717, 1.165) is 57.9 Å². The highest BCUT2D eigenvalue weighted by atomic mass is 16.1. The van der Waals surface area contributed by atoms with Gasteiger partial charge in [0.25, 0.3) is 0 Å². The van der Waals surface area contributed by atoms with Crippen molar-refractivity contribution in [3.8, 4) is 0 Å². The molecule has 0 radical (unpaired) electrons. The van der Waals surface area contributed by atoms with E-state index >= 15 is 0 Å². The number of Topliss-reactive ketones (excluding diaryl/α,β-unsaturated/α-hetero) is 1. The molecule has 4 atom stereocenters. The molecule has 4 heteroatoms. The Kier molecular flexibility index (Phi) is 8.10. The van der Waals surface area contributed by atoms with Crippen molar-refractivity contribution in [3.63, 3.8) is 0 Å². The predicted octanol–water partition coefficient (Wildman–Crippen LogP) is 4.89. The summed E-state index contributed by atoms with van der Waals surface area (Å²) in [5.41, 5.74) is 6.60. The number of benzene rings is 1. The van der Waals surface area contributed by atoms with Crippen molar-refractivity contribution in [3.05, 3.63) is 35.9 Å². The maximum absolute atomic E-state index is 14.3. The molecule has 2 aliphatic rings. The van der Waals surface area contributed by atoms with Crippen LogP contribution in [0.25, 0.3) is 0 Å². The second-order valence-corrected chi connectivity index (χ2v) is 9.51. The molecular weight excluding hydrogens is 372 g/mol. The Bertz CT molecular complexity index is 704. The van der Waals surface area contributed by atoms with Crippen LogP contribution < -0.4 is 5.73 Å². The molecule has 4 nitrogen and oxygen atoms in total. The van der Waals surface area contributed by atoms with Gasteiger partial charge >= 0.3 is 0 Å². The highest BCUT2D eigenvalue weighted by Crippen LogP contribution is 2.49. The molecule has 2 saturated heterocycles. The van der Waals surface area contributed by atoms with Crippen LogP contribution in [0.15, 0.2) is 30.3 Å². The third kappa shape index (κ3) is 4.80. The van der Waals surface area contributed by atoms with E-state index in [0.29, 0.717) is 12.2 Å². The number of hydrogen-bond acceptors (Lipinski definition) is 3. The minimum Gasteiger partial charge on any atom is -0.368 e. The van der Waals surface area contributed by atoms with E-state index in [1.165, 1.54) is 18.4 Å². The molecule has 0 aromatic heterocycles. The molecule has 30 heavy (non-hydrogen) atoms.